The van der Waals surface area contributed by atoms with Gasteiger partial charge in [-0.25, -0.2) is 13.9 Å². The minimum absolute atomic E-state index is 0.156. The van der Waals surface area contributed by atoms with Crippen molar-refractivity contribution < 1.29 is 14.2 Å². The van der Waals surface area contributed by atoms with Gasteiger partial charge in [-0.05, 0) is 31.2 Å². The third-order valence-corrected chi connectivity index (χ3v) is 3.31. The molecule has 6 nitrogen and oxygen atoms in total. The number of ether oxygens (including phenoxy) is 1. The van der Waals surface area contributed by atoms with Gasteiger partial charge in [0.25, 0.3) is 0 Å². The minimum atomic E-state index is -0.300. The molecule has 0 saturated carbocycles. The highest BCUT2D eigenvalue weighted by molar-refractivity contribution is 5.49. The fourth-order valence-electron chi connectivity index (χ4n) is 2.31. The van der Waals surface area contributed by atoms with E-state index in [1.165, 1.54) is 16.8 Å². The van der Waals surface area contributed by atoms with Crippen LogP contribution in [0.15, 0.2) is 12.3 Å². The Morgan fingerprint density at radius 1 is 1.55 bits per heavy atom. The predicted octanol–water partition coefficient (Wildman–Crippen LogP) is 1.81. The molecule has 3 heterocycles. The topological polar surface area (TPSA) is 85.7 Å². The number of nitrogen functional groups attached to an aromatic ring is 1. The molecule has 0 amide bonds. The van der Waals surface area contributed by atoms with E-state index in [4.69, 9.17) is 15.6 Å². The van der Waals surface area contributed by atoms with Gasteiger partial charge in [-0.3, -0.25) is 0 Å². The lowest BCUT2D eigenvalue weighted by Gasteiger charge is -2.15. The van der Waals surface area contributed by atoms with Gasteiger partial charge in [-0.15, -0.1) is 5.10 Å². The summed E-state index contributed by atoms with van der Waals surface area (Å²) >= 11 is 0. The molecule has 1 aliphatic rings. The van der Waals surface area contributed by atoms with E-state index in [9.17, 15) is 4.39 Å². The summed E-state index contributed by atoms with van der Waals surface area (Å²) in [4.78, 5) is 3.77. The molecule has 1 atom stereocenters. The molecule has 7 heteroatoms. The second kappa shape index (κ2) is 7.51. The van der Waals surface area contributed by atoms with Gasteiger partial charge in [0, 0.05) is 12.3 Å². The Balaban J connectivity index is 0.000000211. The molecule has 0 bridgehead atoms. The highest BCUT2D eigenvalue weighted by atomic mass is 19.1. The monoisotopic (exact) mass is 310 g/mol. The Labute approximate surface area is 129 Å². The summed E-state index contributed by atoms with van der Waals surface area (Å²) in [6.07, 6.45) is 3.92. The fraction of sp³-hybridized carbons (Fsp3) is 0.600. The van der Waals surface area contributed by atoms with Crippen LogP contribution in [0.1, 0.15) is 32.4 Å². The molecule has 0 aliphatic carbocycles. The summed E-state index contributed by atoms with van der Waals surface area (Å²) in [6, 6.07) is 1.49. The highest BCUT2D eigenvalue weighted by Gasteiger charge is 2.11. The van der Waals surface area contributed by atoms with Crippen molar-refractivity contribution in [2.75, 3.05) is 18.9 Å². The Morgan fingerprint density at radius 2 is 2.32 bits per heavy atom. The average molecular weight is 310 g/mol. The van der Waals surface area contributed by atoms with Crippen LogP contribution in [0.25, 0.3) is 5.52 Å². The highest BCUT2D eigenvalue weighted by Crippen LogP contribution is 2.16. The summed E-state index contributed by atoms with van der Waals surface area (Å²) < 4.78 is 19.9. The number of rotatable bonds is 2. The van der Waals surface area contributed by atoms with E-state index in [-0.39, 0.29) is 17.9 Å². The van der Waals surface area contributed by atoms with Gasteiger partial charge in [0.2, 0.25) is 5.95 Å². The van der Waals surface area contributed by atoms with E-state index in [0.717, 1.165) is 31.6 Å². The molecule has 0 radical (unpaired) electrons. The largest absolute Gasteiger partial charge is 0.391 e. The number of fused-ring (bicyclic) bond motifs is 1. The number of halogens is 1. The standard InChI is InChI=1S/C10H13FN4.C5H10O2/c1-6(2)3-7-4-8(11)9-5-13-10(12)14-15(7)9;6-5-2-1-3-7-4-5/h4-6H,3H2,1-2H3,(H2,12,14);5-6H,1-4H2. The molecule has 0 aromatic carbocycles. The molecule has 1 saturated heterocycles. The summed E-state index contributed by atoms with van der Waals surface area (Å²) in [7, 11) is 0. The summed E-state index contributed by atoms with van der Waals surface area (Å²) in [5.41, 5.74) is 6.67. The van der Waals surface area contributed by atoms with Gasteiger partial charge in [0.15, 0.2) is 5.82 Å². The van der Waals surface area contributed by atoms with Crippen molar-refractivity contribution in [1.29, 1.82) is 0 Å². The zero-order valence-electron chi connectivity index (χ0n) is 13.0. The van der Waals surface area contributed by atoms with Crippen LogP contribution in [-0.4, -0.2) is 39.0 Å². The van der Waals surface area contributed by atoms with Gasteiger partial charge >= 0.3 is 0 Å². The van der Waals surface area contributed by atoms with Crippen LogP contribution in [0.4, 0.5) is 10.3 Å². The minimum Gasteiger partial charge on any atom is -0.391 e. The van der Waals surface area contributed by atoms with Gasteiger partial charge < -0.3 is 15.6 Å². The van der Waals surface area contributed by atoms with Gasteiger partial charge in [-0.2, -0.15) is 0 Å². The van der Waals surface area contributed by atoms with Crippen LogP contribution in [0.5, 0.6) is 0 Å². The van der Waals surface area contributed by atoms with Crippen LogP contribution in [0.2, 0.25) is 0 Å². The first-order valence-corrected chi connectivity index (χ1v) is 7.51. The Hall–Kier alpha value is -1.73. The van der Waals surface area contributed by atoms with Gasteiger partial charge in [-0.1, -0.05) is 13.8 Å². The second-order valence-corrected chi connectivity index (χ2v) is 5.87. The first kappa shape index (κ1) is 16.6. The molecule has 1 unspecified atom stereocenters. The number of hydrogen-bond acceptors (Lipinski definition) is 5. The first-order valence-electron chi connectivity index (χ1n) is 7.51. The SMILES string of the molecule is CC(C)Cc1cc(F)c2cnc(N)nn12.OC1CCCOC1. The number of aliphatic hydroxyl groups is 1. The van der Waals surface area contributed by atoms with E-state index in [1.807, 2.05) is 0 Å². The number of anilines is 1. The van der Waals surface area contributed by atoms with Crippen LogP contribution in [0.3, 0.4) is 0 Å². The third-order valence-electron chi connectivity index (χ3n) is 3.31. The molecule has 122 valence electrons. The zero-order valence-corrected chi connectivity index (χ0v) is 13.0. The number of hydrogen-bond donors (Lipinski definition) is 2. The van der Waals surface area contributed by atoms with E-state index in [0.29, 0.717) is 18.0 Å². The number of nitrogens with two attached hydrogens (primary N) is 1. The first-order chi connectivity index (χ1) is 10.5. The molecule has 0 spiro atoms. The number of aromatic nitrogens is 3. The summed E-state index contributed by atoms with van der Waals surface area (Å²) in [5.74, 6) is 0.299. The third kappa shape index (κ3) is 4.38. The van der Waals surface area contributed by atoms with E-state index in [2.05, 4.69) is 23.9 Å². The molecular formula is C15H23FN4O2. The predicted molar refractivity (Wildman–Crippen MR) is 82.0 cm³/mol. The van der Waals surface area contributed by atoms with E-state index < -0.39 is 0 Å². The summed E-state index contributed by atoms with van der Waals surface area (Å²) in [6.45, 7) is 5.51. The molecule has 2 aromatic heterocycles. The van der Waals surface area contributed by atoms with Crippen LogP contribution in [0, 0.1) is 11.7 Å². The quantitative estimate of drug-likeness (QED) is 0.883. The Kier molecular flexibility index (Phi) is 5.68. The molecule has 3 N–H and O–H groups in total. The molecule has 22 heavy (non-hydrogen) atoms. The van der Waals surface area contributed by atoms with Crippen molar-refractivity contribution in [3.8, 4) is 0 Å². The van der Waals surface area contributed by atoms with Gasteiger partial charge in [0.1, 0.15) is 5.52 Å². The second-order valence-electron chi connectivity index (χ2n) is 5.87. The van der Waals surface area contributed by atoms with Crippen molar-refractivity contribution in [3.05, 3.63) is 23.8 Å². The maximum absolute atomic E-state index is 13.4. The fourth-order valence-corrected chi connectivity index (χ4v) is 2.31. The van der Waals surface area contributed by atoms with Crippen molar-refractivity contribution >= 4 is 11.5 Å². The maximum atomic E-state index is 13.4. The Bertz CT molecular complexity index is 609. The molecule has 3 rings (SSSR count). The molecular weight excluding hydrogens is 287 g/mol. The number of nitrogens with zero attached hydrogens (tertiary/aromatic N) is 3. The Morgan fingerprint density at radius 3 is 2.86 bits per heavy atom. The lowest BCUT2D eigenvalue weighted by molar-refractivity contribution is -0.00535. The zero-order chi connectivity index (χ0) is 16.1. The van der Waals surface area contributed by atoms with Crippen molar-refractivity contribution in [2.24, 2.45) is 5.92 Å². The van der Waals surface area contributed by atoms with Crippen molar-refractivity contribution in [1.82, 2.24) is 14.6 Å². The molecule has 1 fully saturated rings. The van der Waals surface area contributed by atoms with Gasteiger partial charge in [0.05, 0.1) is 18.9 Å². The van der Waals surface area contributed by atoms with Crippen LogP contribution < -0.4 is 5.73 Å². The molecule has 1 aliphatic heterocycles. The van der Waals surface area contributed by atoms with Crippen molar-refractivity contribution in [2.45, 2.75) is 39.2 Å². The van der Waals surface area contributed by atoms with Crippen molar-refractivity contribution in [3.63, 3.8) is 0 Å². The smallest absolute Gasteiger partial charge is 0.238 e. The van der Waals surface area contributed by atoms with E-state index in [1.54, 1.807) is 0 Å². The van der Waals surface area contributed by atoms with Crippen LogP contribution in [-0.2, 0) is 11.2 Å². The lowest BCUT2D eigenvalue weighted by atomic mass is 10.1. The lowest BCUT2D eigenvalue weighted by Crippen LogP contribution is -2.21. The maximum Gasteiger partial charge on any atom is 0.238 e. The normalized spacial score (nSPS) is 18.3. The van der Waals surface area contributed by atoms with E-state index >= 15 is 0 Å². The summed E-state index contributed by atoms with van der Waals surface area (Å²) in [5, 5.41) is 12.8. The average Bonchev–Trinajstić information content (AvgIpc) is 2.75. The molecule has 2 aromatic rings. The number of aliphatic hydroxyl groups excluding tert-OH is 1. The van der Waals surface area contributed by atoms with Crippen LogP contribution >= 0.6 is 0 Å².